The zero-order valence-electron chi connectivity index (χ0n) is 14.3. The molecule has 1 heterocycles. The Morgan fingerprint density at radius 3 is 2.18 bits per heavy atom. The van der Waals surface area contributed by atoms with E-state index in [4.69, 9.17) is 4.74 Å². The number of hydrogen-bond acceptors (Lipinski definition) is 4. The van der Waals surface area contributed by atoms with Gasteiger partial charge in [-0.25, -0.2) is 4.98 Å². The van der Waals surface area contributed by atoms with Gasteiger partial charge in [0.2, 0.25) is 0 Å². The van der Waals surface area contributed by atoms with Crippen molar-refractivity contribution in [1.82, 2.24) is 4.98 Å². The van der Waals surface area contributed by atoms with Crippen LogP contribution >= 0.6 is 11.3 Å². The summed E-state index contributed by atoms with van der Waals surface area (Å²) in [6.07, 6.45) is 16.7. The molecule has 0 bridgehead atoms. The lowest BCUT2D eigenvalue weighted by Gasteiger charge is -2.05. The molecule has 0 amide bonds. The molecule has 0 unspecified atom stereocenters. The van der Waals surface area contributed by atoms with E-state index >= 15 is 0 Å². The van der Waals surface area contributed by atoms with E-state index in [1.54, 1.807) is 11.3 Å². The number of anilines is 1. The van der Waals surface area contributed by atoms with Crippen molar-refractivity contribution in [3.8, 4) is 0 Å². The van der Waals surface area contributed by atoms with E-state index in [1.807, 2.05) is 11.6 Å². The zero-order chi connectivity index (χ0) is 15.7. The van der Waals surface area contributed by atoms with Gasteiger partial charge in [-0.05, 0) is 12.8 Å². The third-order valence-electron chi connectivity index (χ3n) is 3.82. The van der Waals surface area contributed by atoms with Crippen LogP contribution in [0.3, 0.4) is 0 Å². The van der Waals surface area contributed by atoms with Crippen LogP contribution in [0.4, 0.5) is 5.13 Å². The number of thiazole rings is 1. The number of nitrogens with one attached hydrogen (secondary N) is 1. The van der Waals surface area contributed by atoms with Gasteiger partial charge in [0, 0.05) is 31.3 Å². The van der Waals surface area contributed by atoms with Crippen LogP contribution in [0.1, 0.15) is 77.6 Å². The molecule has 22 heavy (non-hydrogen) atoms. The van der Waals surface area contributed by atoms with Crippen molar-refractivity contribution in [2.24, 2.45) is 0 Å². The Bertz CT molecular complexity index is 317. The lowest BCUT2D eigenvalue weighted by Crippen LogP contribution is -2.06. The zero-order valence-corrected chi connectivity index (χ0v) is 15.1. The van der Waals surface area contributed by atoms with Crippen LogP contribution in [-0.2, 0) is 4.74 Å². The van der Waals surface area contributed by atoms with Gasteiger partial charge in [-0.1, -0.05) is 64.7 Å². The molecule has 1 aromatic rings. The first-order valence-electron chi connectivity index (χ1n) is 9.14. The Balaban J connectivity index is 1.68. The molecule has 0 aliphatic rings. The molecule has 3 nitrogen and oxygen atoms in total. The number of unbranched alkanes of at least 4 members (excludes halogenated alkanes) is 9. The minimum atomic E-state index is 0.857. The first-order valence-corrected chi connectivity index (χ1v) is 10.0. The van der Waals surface area contributed by atoms with Crippen molar-refractivity contribution in [3.05, 3.63) is 11.6 Å². The fourth-order valence-corrected chi connectivity index (χ4v) is 3.03. The summed E-state index contributed by atoms with van der Waals surface area (Å²) in [6.45, 7) is 5.01. The molecule has 0 fully saturated rings. The summed E-state index contributed by atoms with van der Waals surface area (Å²) in [5.41, 5.74) is 0. The largest absolute Gasteiger partial charge is 0.381 e. The number of ether oxygens (including phenoxy) is 1. The molecule has 0 aliphatic heterocycles. The fraction of sp³-hybridized carbons (Fsp3) is 0.833. The summed E-state index contributed by atoms with van der Waals surface area (Å²) >= 11 is 1.65. The summed E-state index contributed by atoms with van der Waals surface area (Å²) in [5, 5.41) is 6.29. The van der Waals surface area contributed by atoms with Crippen molar-refractivity contribution in [3.63, 3.8) is 0 Å². The van der Waals surface area contributed by atoms with Crippen LogP contribution in [-0.4, -0.2) is 24.7 Å². The Labute approximate surface area is 140 Å². The second kappa shape index (κ2) is 15.3. The Kier molecular flexibility index (Phi) is 13.5. The van der Waals surface area contributed by atoms with Gasteiger partial charge in [0.1, 0.15) is 0 Å². The molecule has 0 radical (unpaired) electrons. The summed E-state index contributed by atoms with van der Waals surface area (Å²) in [5.74, 6) is 0. The Hall–Kier alpha value is -0.610. The number of hydrogen-bond donors (Lipinski definition) is 1. The van der Waals surface area contributed by atoms with Crippen LogP contribution in [0.5, 0.6) is 0 Å². The lowest BCUT2D eigenvalue weighted by molar-refractivity contribution is 0.129. The summed E-state index contributed by atoms with van der Waals surface area (Å²) in [4.78, 5) is 4.19. The van der Waals surface area contributed by atoms with Crippen LogP contribution in [0.2, 0.25) is 0 Å². The number of nitrogens with zero attached hydrogens (tertiary/aromatic N) is 1. The molecule has 0 spiro atoms. The van der Waals surface area contributed by atoms with Crippen LogP contribution in [0.25, 0.3) is 0 Å². The van der Waals surface area contributed by atoms with Crippen LogP contribution in [0.15, 0.2) is 11.6 Å². The van der Waals surface area contributed by atoms with Gasteiger partial charge in [-0.15, -0.1) is 11.3 Å². The van der Waals surface area contributed by atoms with Crippen LogP contribution < -0.4 is 5.32 Å². The lowest BCUT2D eigenvalue weighted by atomic mass is 10.1. The third-order valence-corrected chi connectivity index (χ3v) is 4.55. The van der Waals surface area contributed by atoms with Gasteiger partial charge in [0.05, 0.1) is 0 Å². The highest BCUT2D eigenvalue weighted by Gasteiger charge is 1.95. The molecule has 4 heteroatoms. The molecule has 0 saturated heterocycles. The van der Waals surface area contributed by atoms with Crippen molar-refractivity contribution in [2.75, 3.05) is 25.1 Å². The number of rotatable bonds is 16. The van der Waals surface area contributed by atoms with Crippen molar-refractivity contribution >= 4 is 16.5 Å². The Morgan fingerprint density at radius 2 is 1.55 bits per heavy atom. The predicted molar refractivity (Wildman–Crippen MR) is 97.9 cm³/mol. The standard InChI is InChI=1S/C18H34N2OS/c1-2-3-4-5-6-7-8-9-10-11-15-21-16-12-13-19-18-20-14-17-22-18/h14,17H,2-13,15-16H2,1H3,(H,19,20). The second-order valence-electron chi connectivity index (χ2n) is 5.91. The van der Waals surface area contributed by atoms with Gasteiger partial charge in [-0.2, -0.15) is 0 Å². The molecular weight excluding hydrogens is 292 g/mol. The average Bonchev–Trinajstić information content (AvgIpc) is 3.04. The van der Waals surface area contributed by atoms with Crippen LogP contribution in [0, 0.1) is 0 Å². The maximum Gasteiger partial charge on any atom is 0.182 e. The van der Waals surface area contributed by atoms with Crippen molar-refractivity contribution < 1.29 is 4.74 Å². The van der Waals surface area contributed by atoms with E-state index in [9.17, 15) is 0 Å². The monoisotopic (exact) mass is 326 g/mol. The first kappa shape index (κ1) is 19.4. The Morgan fingerprint density at radius 1 is 0.909 bits per heavy atom. The number of aromatic nitrogens is 1. The van der Waals surface area contributed by atoms with Gasteiger partial charge < -0.3 is 10.1 Å². The minimum Gasteiger partial charge on any atom is -0.381 e. The van der Waals surface area contributed by atoms with Crippen molar-refractivity contribution in [1.29, 1.82) is 0 Å². The van der Waals surface area contributed by atoms with Gasteiger partial charge in [-0.3, -0.25) is 0 Å². The topological polar surface area (TPSA) is 34.1 Å². The summed E-state index contributed by atoms with van der Waals surface area (Å²) < 4.78 is 5.67. The third kappa shape index (κ3) is 12.0. The first-order chi connectivity index (χ1) is 10.9. The molecule has 0 atom stereocenters. The van der Waals surface area contributed by atoms with E-state index in [0.717, 1.165) is 31.3 Å². The van der Waals surface area contributed by atoms with E-state index in [2.05, 4.69) is 17.2 Å². The van der Waals surface area contributed by atoms with Gasteiger partial charge in [0.15, 0.2) is 5.13 Å². The van der Waals surface area contributed by atoms with E-state index in [0.29, 0.717) is 0 Å². The molecule has 0 aliphatic carbocycles. The molecule has 1 rings (SSSR count). The molecule has 128 valence electrons. The molecule has 0 saturated carbocycles. The smallest absolute Gasteiger partial charge is 0.182 e. The summed E-state index contributed by atoms with van der Waals surface area (Å²) in [7, 11) is 0. The van der Waals surface area contributed by atoms with E-state index in [-0.39, 0.29) is 0 Å². The maximum atomic E-state index is 5.67. The van der Waals surface area contributed by atoms with E-state index in [1.165, 1.54) is 64.2 Å². The van der Waals surface area contributed by atoms with E-state index < -0.39 is 0 Å². The van der Waals surface area contributed by atoms with Gasteiger partial charge >= 0.3 is 0 Å². The molecule has 1 N–H and O–H groups in total. The normalized spacial score (nSPS) is 11.0. The predicted octanol–water partition coefficient (Wildman–Crippen LogP) is 5.88. The molecular formula is C18H34N2OS. The SMILES string of the molecule is CCCCCCCCCCCCOCCCNc1nccs1. The highest BCUT2D eigenvalue weighted by atomic mass is 32.1. The average molecular weight is 327 g/mol. The van der Waals surface area contributed by atoms with Gasteiger partial charge in [0.25, 0.3) is 0 Å². The highest BCUT2D eigenvalue weighted by Crippen LogP contribution is 2.11. The molecule has 0 aromatic carbocycles. The molecule has 1 aromatic heterocycles. The second-order valence-corrected chi connectivity index (χ2v) is 6.81. The highest BCUT2D eigenvalue weighted by molar-refractivity contribution is 7.13. The maximum absolute atomic E-state index is 5.67. The van der Waals surface area contributed by atoms with Crippen molar-refractivity contribution in [2.45, 2.75) is 77.6 Å². The summed E-state index contributed by atoms with van der Waals surface area (Å²) in [6, 6.07) is 0. The quantitative estimate of drug-likeness (QED) is 0.385. The minimum absolute atomic E-state index is 0.857. The fourth-order valence-electron chi connectivity index (χ4n) is 2.47.